The first kappa shape index (κ1) is 15.7. The van der Waals surface area contributed by atoms with Crippen molar-refractivity contribution in [2.75, 3.05) is 5.32 Å². The summed E-state index contributed by atoms with van der Waals surface area (Å²) >= 11 is 7.18. The molecule has 0 saturated heterocycles. The maximum absolute atomic E-state index is 13.5. The Hall–Kier alpha value is -2.18. The maximum atomic E-state index is 13.5. The maximum Gasteiger partial charge on any atom is 0.183 e. The monoisotopic (exact) mass is 349 g/mol. The summed E-state index contributed by atoms with van der Waals surface area (Å²) in [6.45, 7) is 0.884. The van der Waals surface area contributed by atoms with Gasteiger partial charge in [-0.1, -0.05) is 11.6 Å². The van der Waals surface area contributed by atoms with Gasteiger partial charge in [0.05, 0.1) is 12.2 Å². The summed E-state index contributed by atoms with van der Waals surface area (Å²) in [5.74, 6) is 0.255. The molecule has 0 radical (unpaired) electrons. The normalized spacial score (nSPS) is 10.5. The Morgan fingerprint density at radius 2 is 2.04 bits per heavy atom. The number of rotatable bonds is 6. The Balaban J connectivity index is 1.69. The zero-order valence-corrected chi connectivity index (χ0v) is 13.6. The zero-order valence-electron chi connectivity index (χ0n) is 12.0. The van der Waals surface area contributed by atoms with Gasteiger partial charge in [-0.05, 0) is 29.8 Å². The van der Waals surface area contributed by atoms with Crippen LogP contribution in [0.15, 0.2) is 48.9 Å². The Labute approximate surface area is 141 Å². The molecule has 0 amide bonds. The fourth-order valence-corrected chi connectivity index (χ4v) is 2.87. The molecule has 1 N–H and O–H groups in total. The molecule has 1 aromatic carbocycles. The zero-order chi connectivity index (χ0) is 16.1. The van der Waals surface area contributed by atoms with Gasteiger partial charge in [-0.3, -0.25) is 4.98 Å². The van der Waals surface area contributed by atoms with Crippen LogP contribution in [0.4, 0.5) is 10.1 Å². The quantitative estimate of drug-likeness (QED) is 0.710. The summed E-state index contributed by atoms with van der Waals surface area (Å²) < 4.78 is 19.8. The highest BCUT2D eigenvalue weighted by atomic mass is 35.5. The summed E-state index contributed by atoms with van der Waals surface area (Å²) in [5.41, 5.74) is 1.58. The third-order valence-corrected chi connectivity index (χ3v) is 4.18. The molecule has 0 aliphatic heterocycles. The van der Waals surface area contributed by atoms with Crippen molar-refractivity contribution < 1.29 is 9.13 Å². The Morgan fingerprint density at radius 3 is 2.78 bits per heavy atom. The highest BCUT2D eigenvalue weighted by Crippen LogP contribution is 2.28. The van der Waals surface area contributed by atoms with Gasteiger partial charge in [0, 0.05) is 29.5 Å². The summed E-state index contributed by atoms with van der Waals surface area (Å²) in [5, 5.41) is 3.15. The van der Waals surface area contributed by atoms with Gasteiger partial charge in [0.2, 0.25) is 0 Å². The van der Waals surface area contributed by atoms with Gasteiger partial charge in [-0.2, -0.15) is 0 Å². The Kier molecular flexibility index (Phi) is 5.05. The number of nitrogens with one attached hydrogen (secondary N) is 1. The van der Waals surface area contributed by atoms with Crippen LogP contribution in [-0.4, -0.2) is 9.97 Å². The summed E-state index contributed by atoms with van der Waals surface area (Å²) in [4.78, 5) is 8.90. The summed E-state index contributed by atoms with van der Waals surface area (Å²) in [6.07, 6.45) is 5.10. The summed E-state index contributed by atoms with van der Waals surface area (Å²) in [7, 11) is 0. The highest BCUT2D eigenvalue weighted by molar-refractivity contribution is 7.15. The van der Waals surface area contributed by atoms with Crippen LogP contribution >= 0.6 is 22.9 Å². The van der Waals surface area contributed by atoms with Crippen LogP contribution in [0.2, 0.25) is 4.47 Å². The molecule has 4 nitrogen and oxygen atoms in total. The number of hydrogen-bond acceptors (Lipinski definition) is 5. The second-order valence-electron chi connectivity index (χ2n) is 4.72. The van der Waals surface area contributed by atoms with Crippen LogP contribution < -0.4 is 10.1 Å². The van der Waals surface area contributed by atoms with Crippen molar-refractivity contribution in [2.24, 2.45) is 0 Å². The largest absolute Gasteiger partial charge is 0.487 e. The standard InChI is InChI=1S/C16H13ClFN3OS/c17-16-21-9-13(23-16)8-20-14-7-12(18)1-2-15(14)22-10-11-3-5-19-6-4-11/h1-7,9,20H,8,10H2. The van der Waals surface area contributed by atoms with Crippen molar-refractivity contribution in [3.63, 3.8) is 0 Å². The second-order valence-corrected chi connectivity index (χ2v) is 6.42. The lowest BCUT2D eigenvalue weighted by Crippen LogP contribution is -2.03. The van der Waals surface area contributed by atoms with E-state index in [1.54, 1.807) is 24.7 Å². The molecule has 2 aromatic heterocycles. The molecular weight excluding hydrogens is 337 g/mol. The highest BCUT2D eigenvalue weighted by Gasteiger charge is 2.07. The van der Waals surface area contributed by atoms with Crippen molar-refractivity contribution in [1.82, 2.24) is 9.97 Å². The van der Waals surface area contributed by atoms with Gasteiger partial charge in [0.15, 0.2) is 4.47 Å². The van der Waals surface area contributed by atoms with Gasteiger partial charge in [0.25, 0.3) is 0 Å². The van der Waals surface area contributed by atoms with Gasteiger partial charge in [-0.15, -0.1) is 11.3 Å². The van der Waals surface area contributed by atoms with E-state index in [4.69, 9.17) is 16.3 Å². The lowest BCUT2D eigenvalue weighted by molar-refractivity contribution is 0.307. The lowest BCUT2D eigenvalue weighted by atomic mass is 10.2. The fraction of sp³-hybridized carbons (Fsp3) is 0.125. The lowest BCUT2D eigenvalue weighted by Gasteiger charge is -2.13. The molecule has 23 heavy (non-hydrogen) atoms. The van der Waals surface area contributed by atoms with Crippen LogP contribution in [0.5, 0.6) is 5.75 Å². The molecule has 0 unspecified atom stereocenters. The average Bonchev–Trinajstić information content (AvgIpc) is 2.98. The van der Waals surface area contributed by atoms with E-state index in [1.807, 2.05) is 12.1 Å². The minimum Gasteiger partial charge on any atom is -0.487 e. The first-order chi connectivity index (χ1) is 11.2. The van der Waals surface area contributed by atoms with Crippen LogP contribution in [-0.2, 0) is 13.2 Å². The minimum absolute atomic E-state index is 0.328. The topological polar surface area (TPSA) is 47.0 Å². The number of hydrogen-bond donors (Lipinski definition) is 1. The number of nitrogens with zero attached hydrogens (tertiary/aromatic N) is 2. The second kappa shape index (κ2) is 7.39. The molecule has 0 bridgehead atoms. The average molecular weight is 350 g/mol. The molecule has 2 heterocycles. The van der Waals surface area contributed by atoms with Crippen molar-refractivity contribution >= 4 is 28.6 Å². The van der Waals surface area contributed by atoms with Gasteiger partial charge < -0.3 is 10.1 Å². The van der Waals surface area contributed by atoms with Crippen LogP contribution in [0.3, 0.4) is 0 Å². The molecule has 3 aromatic rings. The third kappa shape index (κ3) is 4.40. The van der Waals surface area contributed by atoms with Gasteiger partial charge in [0.1, 0.15) is 18.2 Å². The Bertz CT molecular complexity index is 782. The molecule has 0 aliphatic rings. The SMILES string of the molecule is Fc1ccc(OCc2ccncc2)c(NCc2cnc(Cl)s2)c1. The minimum atomic E-state index is -0.328. The molecule has 118 valence electrons. The van der Waals surface area contributed by atoms with E-state index in [1.165, 1.54) is 23.5 Å². The Morgan fingerprint density at radius 1 is 1.22 bits per heavy atom. The number of halogens is 2. The predicted molar refractivity (Wildman–Crippen MR) is 89.4 cm³/mol. The van der Waals surface area contributed by atoms with E-state index in [0.29, 0.717) is 29.1 Å². The number of ether oxygens (including phenoxy) is 1. The van der Waals surface area contributed by atoms with E-state index in [-0.39, 0.29) is 5.82 Å². The van der Waals surface area contributed by atoms with E-state index >= 15 is 0 Å². The molecule has 0 spiro atoms. The van der Waals surface area contributed by atoms with Crippen molar-refractivity contribution in [3.05, 3.63) is 69.6 Å². The first-order valence-electron chi connectivity index (χ1n) is 6.86. The smallest absolute Gasteiger partial charge is 0.183 e. The molecule has 0 saturated carbocycles. The molecule has 0 atom stereocenters. The van der Waals surface area contributed by atoms with E-state index in [9.17, 15) is 4.39 Å². The van der Waals surface area contributed by atoms with Crippen molar-refractivity contribution in [3.8, 4) is 5.75 Å². The number of anilines is 1. The molecule has 3 rings (SSSR count). The fourth-order valence-electron chi connectivity index (χ4n) is 1.95. The molecule has 0 aliphatic carbocycles. The molecule has 7 heteroatoms. The number of aromatic nitrogens is 2. The van der Waals surface area contributed by atoms with Gasteiger partial charge in [-0.25, -0.2) is 9.37 Å². The van der Waals surface area contributed by atoms with Crippen LogP contribution in [0, 0.1) is 5.82 Å². The van der Waals surface area contributed by atoms with Crippen LogP contribution in [0.25, 0.3) is 0 Å². The number of benzene rings is 1. The number of pyridine rings is 1. The first-order valence-corrected chi connectivity index (χ1v) is 8.05. The third-order valence-electron chi connectivity index (χ3n) is 3.06. The van der Waals surface area contributed by atoms with E-state index in [0.717, 1.165) is 10.4 Å². The number of thiazole rings is 1. The van der Waals surface area contributed by atoms with Crippen LogP contribution in [0.1, 0.15) is 10.4 Å². The van der Waals surface area contributed by atoms with E-state index < -0.39 is 0 Å². The van der Waals surface area contributed by atoms with Gasteiger partial charge >= 0.3 is 0 Å². The van der Waals surface area contributed by atoms with Crippen molar-refractivity contribution in [2.45, 2.75) is 13.2 Å². The predicted octanol–water partition coefficient (Wildman–Crippen LogP) is 4.52. The van der Waals surface area contributed by atoms with Crippen molar-refractivity contribution in [1.29, 1.82) is 0 Å². The van der Waals surface area contributed by atoms with E-state index in [2.05, 4.69) is 15.3 Å². The summed E-state index contributed by atoms with van der Waals surface area (Å²) in [6, 6.07) is 8.13. The molecular formula is C16H13ClFN3OS. The molecule has 0 fully saturated rings.